The Morgan fingerprint density at radius 1 is 1.35 bits per heavy atom. The zero-order valence-corrected chi connectivity index (χ0v) is 9.70. The minimum atomic E-state index is 0.702. The van der Waals surface area contributed by atoms with Crippen molar-refractivity contribution in [3.8, 4) is 5.75 Å². The van der Waals surface area contributed by atoms with Crippen molar-refractivity contribution in [2.75, 3.05) is 19.1 Å². The monoisotopic (exact) mass is 231 g/mol. The number of nitroso groups, excluding NO2 is 1. The molecule has 88 valence electrons. The standard InChI is InChI=1S/C12H13N3O2/c1-14-6-7-15(12(14)9-13-16)10-4-3-5-11(8-10)17-2/h3-9H,1-2H3/b12-9+. The van der Waals surface area contributed by atoms with E-state index in [4.69, 9.17) is 4.74 Å². The third-order valence-electron chi connectivity index (χ3n) is 2.55. The van der Waals surface area contributed by atoms with Crippen LogP contribution in [0, 0.1) is 4.91 Å². The molecule has 5 nitrogen and oxygen atoms in total. The number of ether oxygens (including phenoxy) is 1. The van der Waals surface area contributed by atoms with Crippen molar-refractivity contribution in [3.63, 3.8) is 0 Å². The highest BCUT2D eigenvalue weighted by molar-refractivity contribution is 5.59. The molecule has 0 aromatic heterocycles. The molecule has 0 radical (unpaired) electrons. The molecule has 0 saturated carbocycles. The van der Waals surface area contributed by atoms with E-state index in [-0.39, 0.29) is 0 Å². The molecule has 0 unspecified atom stereocenters. The molecule has 1 heterocycles. The summed E-state index contributed by atoms with van der Waals surface area (Å²) in [5, 5.41) is 2.82. The molecule has 0 amide bonds. The van der Waals surface area contributed by atoms with Crippen LogP contribution in [0.25, 0.3) is 0 Å². The third-order valence-corrected chi connectivity index (χ3v) is 2.55. The molecule has 1 aliphatic heterocycles. The van der Waals surface area contributed by atoms with Crippen molar-refractivity contribution in [2.45, 2.75) is 0 Å². The first-order valence-corrected chi connectivity index (χ1v) is 5.13. The van der Waals surface area contributed by atoms with Crippen LogP contribution in [-0.4, -0.2) is 19.1 Å². The topological polar surface area (TPSA) is 45.1 Å². The molecule has 0 saturated heterocycles. The van der Waals surface area contributed by atoms with Gasteiger partial charge in [0.15, 0.2) is 0 Å². The van der Waals surface area contributed by atoms with Crippen LogP contribution < -0.4 is 9.64 Å². The van der Waals surface area contributed by atoms with Gasteiger partial charge in [-0.25, -0.2) is 0 Å². The Morgan fingerprint density at radius 2 is 2.18 bits per heavy atom. The average Bonchev–Trinajstić information content (AvgIpc) is 2.72. The summed E-state index contributed by atoms with van der Waals surface area (Å²) in [6.45, 7) is 0. The molecule has 1 aliphatic rings. The highest BCUT2D eigenvalue weighted by Gasteiger charge is 2.18. The smallest absolute Gasteiger partial charge is 0.139 e. The van der Waals surface area contributed by atoms with Gasteiger partial charge in [-0.2, -0.15) is 0 Å². The Kier molecular flexibility index (Phi) is 3.09. The van der Waals surface area contributed by atoms with Gasteiger partial charge in [0, 0.05) is 25.5 Å². The average molecular weight is 231 g/mol. The van der Waals surface area contributed by atoms with Gasteiger partial charge in [0.1, 0.15) is 17.8 Å². The second-order valence-electron chi connectivity index (χ2n) is 3.57. The van der Waals surface area contributed by atoms with Crippen LogP contribution in [0.2, 0.25) is 0 Å². The molecule has 0 spiro atoms. The predicted molar refractivity (Wildman–Crippen MR) is 66.3 cm³/mol. The van der Waals surface area contributed by atoms with Gasteiger partial charge in [-0.15, -0.1) is 4.91 Å². The third kappa shape index (κ3) is 2.13. The summed E-state index contributed by atoms with van der Waals surface area (Å²) in [6, 6.07) is 7.59. The van der Waals surface area contributed by atoms with Crippen molar-refractivity contribution in [1.29, 1.82) is 0 Å². The largest absolute Gasteiger partial charge is 0.497 e. The number of nitrogens with zero attached hydrogens (tertiary/aromatic N) is 3. The number of anilines is 1. The summed E-state index contributed by atoms with van der Waals surface area (Å²) in [6.07, 6.45) is 5.00. The van der Waals surface area contributed by atoms with Crippen LogP contribution >= 0.6 is 0 Å². The molecule has 0 aliphatic carbocycles. The maximum atomic E-state index is 10.4. The molecule has 1 aromatic carbocycles. The predicted octanol–water partition coefficient (Wildman–Crippen LogP) is 2.48. The number of methoxy groups -OCH3 is 1. The molecule has 0 fully saturated rings. The van der Waals surface area contributed by atoms with Gasteiger partial charge < -0.3 is 14.5 Å². The number of rotatable bonds is 3. The van der Waals surface area contributed by atoms with Crippen LogP contribution in [0.15, 0.2) is 53.9 Å². The fraction of sp³-hybridized carbons (Fsp3) is 0.167. The molecule has 1 aromatic rings. The fourth-order valence-electron chi connectivity index (χ4n) is 1.67. The maximum absolute atomic E-state index is 10.4. The Balaban J connectivity index is 2.36. The van der Waals surface area contributed by atoms with E-state index in [9.17, 15) is 4.91 Å². The van der Waals surface area contributed by atoms with Crippen LogP contribution in [-0.2, 0) is 0 Å². The molecular formula is C12H13N3O2. The zero-order chi connectivity index (χ0) is 12.3. The first kappa shape index (κ1) is 11.2. The molecule has 0 atom stereocenters. The Morgan fingerprint density at radius 3 is 2.88 bits per heavy atom. The quantitative estimate of drug-likeness (QED) is 0.750. The molecule has 0 bridgehead atoms. The number of benzene rings is 1. The van der Waals surface area contributed by atoms with E-state index >= 15 is 0 Å². The number of hydrogen-bond acceptors (Lipinski definition) is 5. The van der Waals surface area contributed by atoms with Crippen LogP contribution in [0.4, 0.5) is 5.69 Å². The summed E-state index contributed by atoms with van der Waals surface area (Å²) in [4.78, 5) is 14.1. The minimum absolute atomic E-state index is 0.702. The number of hydrogen-bond donors (Lipinski definition) is 0. The van der Waals surface area contributed by atoms with E-state index in [1.807, 2.05) is 53.5 Å². The SMILES string of the molecule is COc1cccc(N2C=CN(C)/C2=C\N=O)c1. The first-order valence-electron chi connectivity index (χ1n) is 5.13. The lowest BCUT2D eigenvalue weighted by Crippen LogP contribution is -2.19. The fourth-order valence-corrected chi connectivity index (χ4v) is 1.67. The van der Waals surface area contributed by atoms with Gasteiger partial charge in [-0.05, 0) is 17.3 Å². The van der Waals surface area contributed by atoms with Crippen molar-refractivity contribution < 1.29 is 4.74 Å². The summed E-state index contributed by atoms with van der Waals surface area (Å²) >= 11 is 0. The molecular weight excluding hydrogens is 218 g/mol. The van der Waals surface area contributed by atoms with Gasteiger partial charge in [-0.3, -0.25) is 0 Å². The van der Waals surface area contributed by atoms with Crippen molar-refractivity contribution in [1.82, 2.24) is 4.90 Å². The van der Waals surface area contributed by atoms with Crippen molar-refractivity contribution in [3.05, 3.63) is 53.6 Å². The lowest BCUT2D eigenvalue weighted by Gasteiger charge is -2.21. The second kappa shape index (κ2) is 4.69. The lowest BCUT2D eigenvalue weighted by molar-refractivity contribution is 0.415. The van der Waals surface area contributed by atoms with Crippen LogP contribution in [0.1, 0.15) is 0 Å². The summed E-state index contributed by atoms with van der Waals surface area (Å²) in [7, 11) is 3.47. The van der Waals surface area contributed by atoms with E-state index in [0.29, 0.717) is 5.82 Å². The Bertz CT molecular complexity index is 482. The lowest BCUT2D eigenvalue weighted by atomic mass is 10.3. The van der Waals surface area contributed by atoms with Crippen molar-refractivity contribution >= 4 is 5.69 Å². The Hall–Kier alpha value is -2.30. The highest BCUT2D eigenvalue weighted by Crippen LogP contribution is 2.28. The zero-order valence-electron chi connectivity index (χ0n) is 9.70. The minimum Gasteiger partial charge on any atom is -0.497 e. The Labute approximate surface area is 99.6 Å². The van der Waals surface area contributed by atoms with Gasteiger partial charge in [0.2, 0.25) is 0 Å². The maximum Gasteiger partial charge on any atom is 0.139 e. The first-order chi connectivity index (χ1) is 8.26. The summed E-state index contributed by atoms with van der Waals surface area (Å²) < 4.78 is 5.17. The highest BCUT2D eigenvalue weighted by atomic mass is 16.5. The summed E-state index contributed by atoms with van der Waals surface area (Å²) in [5.41, 5.74) is 0.917. The second-order valence-corrected chi connectivity index (χ2v) is 3.57. The van der Waals surface area contributed by atoms with E-state index in [1.54, 1.807) is 7.11 Å². The molecule has 5 heteroatoms. The van der Waals surface area contributed by atoms with Gasteiger partial charge in [0.25, 0.3) is 0 Å². The van der Waals surface area contributed by atoms with E-state index in [2.05, 4.69) is 5.18 Å². The normalized spacial score (nSPS) is 16.7. The van der Waals surface area contributed by atoms with Gasteiger partial charge in [-0.1, -0.05) is 6.07 Å². The van der Waals surface area contributed by atoms with E-state index < -0.39 is 0 Å². The van der Waals surface area contributed by atoms with E-state index in [1.165, 1.54) is 6.20 Å². The molecule has 2 rings (SSSR count). The van der Waals surface area contributed by atoms with Crippen LogP contribution in [0.3, 0.4) is 0 Å². The van der Waals surface area contributed by atoms with Crippen LogP contribution in [0.5, 0.6) is 5.75 Å². The van der Waals surface area contributed by atoms with Crippen molar-refractivity contribution in [2.24, 2.45) is 5.18 Å². The summed E-state index contributed by atoms with van der Waals surface area (Å²) in [5.74, 6) is 1.47. The van der Waals surface area contributed by atoms with Gasteiger partial charge >= 0.3 is 0 Å². The van der Waals surface area contributed by atoms with Gasteiger partial charge in [0.05, 0.1) is 12.8 Å². The van der Waals surface area contributed by atoms with E-state index in [0.717, 1.165) is 11.4 Å². The molecule has 17 heavy (non-hydrogen) atoms. The molecule has 0 N–H and O–H groups in total.